The zero-order valence-electron chi connectivity index (χ0n) is 13.9. The van der Waals surface area contributed by atoms with E-state index in [4.69, 9.17) is 16.3 Å². The molecule has 2 aromatic carbocycles. The second-order valence-electron chi connectivity index (χ2n) is 5.92. The van der Waals surface area contributed by atoms with Gasteiger partial charge in [-0.15, -0.1) is 0 Å². The molecule has 0 atom stereocenters. The van der Waals surface area contributed by atoms with Gasteiger partial charge in [-0.25, -0.2) is 4.98 Å². The summed E-state index contributed by atoms with van der Waals surface area (Å²) in [7, 11) is 0. The summed E-state index contributed by atoms with van der Waals surface area (Å²) >= 11 is 5.86. The van der Waals surface area contributed by atoms with Gasteiger partial charge in [0, 0.05) is 11.6 Å². The summed E-state index contributed by atoms with van der Waals surface area (Å²) in [6, 6.07) is 11.6. The molecule has 0 amide bonds. The van der Waals surface area contributed by atoms with Crippen molar-refractivity contribution in [3.05, 3.63) is 58.4 Å². The van der Waals surface area contributed by atoms with Crippen LogP contribution in [-0.2, 0) is 13.2 Å². The molecule has 0 fully saturated rings. The average molecular weight is 345 g/mol. The van der Waals surface area contributed by atoms with Crippen molar-refractivity contribution >= 4 is 22.6 Å². The van der Waals surface area contributed by atoms with E-state index in [2.05, 4.69) is 35.5 Å². The van der Waals surface area contributed by atoms with Crippen molar-refractivity contribution in [1.82, 2.24) is 9.55 Å². The van der Waals surface area contributed by atoms with Crippen LogP contribution in [-0.4, -0.2) is 21.3 Å². The number of aryl methyl sites for hydroxylation is 3. The minimum Gasteiger partial charge on any atom is -0.494 e. The van der Waals surface area contributed by atoms with E-state index in [0.717, 1.165) is 29.7 Å². The van der Waals surface area contributed by atoms with E-state index in [9.17, 15) is 5.11 Å². The lowest BCUT2D eigenvalue weighted by Crippen LogP contribution is -2.08. The monoisotopic (exact) mass is 344 g/mol. The minimum absolute atomic E-state index is 0.0647. The molecule has 1 aromatic heterocycles. The highest BCUT2D eigenvalue weighted by Gasteiger charge is 2.11. The molecule has 5 heteroatoms. The maximum atomic E-state index is 9.59. The van der Waals surface area contributed by atoms with Crippen LogP contribution in [0.25, 0.3) is 11.0 Å². The standard InChI is InChI=1S/C19H21ClN2O2/c1-13-10-17-18(11-14(13)2)22(19(12-23)21-17)8-3-9-24-16-6-4-15(20)5-7-16/h4-7,10-11,23H,3,8-9,12H2,1-2H3. The molecule has 0 radical (unpaired) electrons. The molecule has 1 N–H and O–H groups in total. The Bertz CT molecular complexity index is 841. The number of halogens is 1. The zero-order chi connectivity index (χ0) is 17.1. The molecule has 0 saturated carbocycles. The number of benzene rings is 2. The summed E-state index contributed by atoms with van der Waals surface area (Å²) in [5, 5.41) is 10.3. The van der Waals surface area contributed by atoms with Crippen LogP contribution in [0.3, 0.4) is 0 Å². The third-order valence-electron chi connectivity index (χ3n) is 4.19. The Labute approximate surface area is 146 Å². The van der Waals surface area contributed by atoms with E-state index in [-0.39, 0.29) is 6.61 Å². The summed E-state index contributed by atoms with van der Waals surface area (Å²) in [4.78, 5) is 4.54. The fourth-order valence-electron chi connectivity index (χ4n) is 2.74. The molecule has 3 aromatic rings. The first kappa shape index (κ1) is 16.8. The Kier molecular flexibility index (Phi) is 5.07. The Morgan fingerprint density at radius 1 is 1.12 bits per heavy atom. The summed E-state index contributed by atoms with van der Waals surface area (Å²) in [6.45, 7) is 5.45. The Morgan fingerprint density at radius 2 is 1.83 bits per heavy atom. The molecule has 0 aliphatic rings. The minimum atomic E-state index is -0.0647. The van der Waals surface area contributed by atoms with Gasteiger partial charge < -0.3 is 14.4 Å². The van der Waals surface area contributed by atoms with Crippen molar-refractivity contribution in [3.63, 3.8) is 0 Å². The number of ether oxygens (including phenoxy) is 1. The lowest BCUT2D eigenvalue weighted by atomic mass is 10.1. The predicted octanol–water partition coefficient (Wildman–Crippen LogP) is 4.27. The number of imidazole rings is 1. The fourth-order valence-corrected chi connectivity index (χ4v) is 2.87. The highest BCUT2D eigenvalue weighted by Crippen LogP contribution is 2.21. The Balaban J connectivity index is 1.70. The number of fused-ring (bicyclic) bond motifs is 1. The molecule has 0 unspecified atom stereocenters. The first-order valence-electron chi connectivity index (χ1n) is 8.04. The quantitative estimate of drug-likeness (QED) is 0.679. The van der Waals surface area contributed by atoms with Crippen LogP contribution in [0.5, 0.6) is 5.75 Å². The third kappa shape index (κ3) is 3.55. The molecule has 0 aliphatic carbocycles. The molecule has 0 spiro atoms. The van der Waals surface area contributed by atoms with Crippen molar-refractivity contribution in [2.75, 3.05) is 6.61 Å². The van der Waals surface area contributed by atoms with Crippen LogP contribution < -0.4 is 4.74 Å². The highest BCUT2D eigenvalue weighted by atomic mass is 35.5. The van der Waals surface area contributed by atoms with Gasteiger partial charge in [0.25, 0.3) is 0 Å². The molecule has 0 saturated heterocycles. The largest absolute Gasteiger partial charge is 0.494 e. The zero-order valence-corrected chi connectivity index (χ0v) is 14.7. The molecule has 3 rings (SSSR count). The van der Waals surface area contributed by atoms with Gasteiger partial charge >= 0.3 is 0 Å². The second-order valence-corrected chi connectivity index (χ2v) is 6.36. The van der Waals surface area contributed by atoms with Gasteiger partial charge in [-0.2, -0.15) is 0 Å². The molecule has 0 bridgehead atoms. The van der Waals surface area contributed by atoms with Crippen molar-refractivity contribution in [2.45, 2.75) is 33.4 Å². The first-order chi connectivity index (χ1) is 11.6. The van der Waals surface area contributed by atoms with Gasteiger partial charge in [0.15, 0.2) is 0 Å². The number of rotatable bonds is 6. The highest BCUT2D eigenvalue weighted by molar-refractivity contribution is 6.30. The number of aromatic nitrogens is 2. The first-order valence-corrected chi connectivity index (χ1v) is 8.42. The van der Waals surface area contributed by atoms with Crippen molar-refractivity contribution in [3.8, 4) is 5.75 Å². The van der Waals surface area contributed by atoms with Crippen molar-refractivity contribution in [2.24, 2.45) is 0 Å². The fraction of sp³-hybridized carbons (Fsp3) is 0.316. The van der Waals surface area contributed by atoms with E-state index < -0.39 is 0 Å². The van der Waals surface area contributed by atoms with Crippen LogP contribution in [0.15, 0.2) is 36.4 Å². The van der Waals surface area contributed by atoms with Crippen LogP contribution in [0.1, 0.15) is 23.4 Å². The topological polar surface area (TPSA) is 47.3 Å². The average Bonchev–Trinajstić information content (AvgIpc) is 2.90. The maximum Gasteiger partial charge on any atom is 0.135 e. The van der Waals surface area contributed by atoms with E-state index in [0.29, 0.717) is 17.5 Å². The molecular formula is C19H21ClN2O2. The molecule has 4 nitrogen and oxygen atoms in total. The van der Waals surface area contributed by atoms with Gasteiger partial charge in [0.1, 0.15) is 18.2 Å². The lowest BCUT2D eigenvalue weighted by Gasteiger charge is -2.10. The molecule has 126 valence electrons. The summed E-state index contributed by atoms with van der Waals surface area (Å²) < 4.78 is 7.81. The van der Waals surface area contributed by atoms with Gasteiger partial charge in [0.05, 0.1) is 17.6 Å². The van der Waals surface area contributed by atoms with Gasteiger partial charge in [-0.05, 0) is 67.8 Å². The molecule has 1 heterocycles. The van der Waals surface area contributed by atoms with E-state index in [1.165, 1.54) is 11.1 Å². The van der Waals surface area contributed by atoms with Gasteiger partial charge in [0.2, 0.25) is 0 Å². The number of hydrogen-bond acceptors (Lipinski definition) is 3. The number of aliphatic hydroxyl groups excluding tert-OH is 1. The Morgan fingerprint density at radius 3 is 2.54 bits per heavy atom. The van der Waals surface area contributed by atoms with Crippen LogP contribution in [0.4, 0.5) is 0 Å². The third-order valence-corrected chi connectivity index (χ3v) is 4.44. The van der Waals surface area contributed by atoms with Gasteiger partial charge in [-0.3, -0.25) is 0 Å². The van der Waals surface area contributed by atoms with Crippen LogP contribution in [0.2, 0.25) is 5.02 Å². The van der Waals surface area contributed by atoms with Crippen LogP contribution in [0, 0.1) is 13.8 Å². The van der Waals surface area contributed by atoms with E-state index in [1.807, 2.05) is 24.3 Å². The van der Waals surface area contributed by atoms with Gasteiger partial charge in [-0.1, -0.05) is 11.6 Å². The van der Waals surface area contributed by atoms with E-state index in [1.54, 1.807) is 0 Å². The smallest absolute Gasteiger partial charge is 0.135 e. The number of aliphatic hydroxyl groups is 1. The number of nitrogens with zero attached hydrogens (tertiary/aromatic N) is 2. The second kappa shape index (κ2) is 7.24. The molecule has 24 heavy (non-hydrogen) atoms. The van der Waals surface area contributed by atoms with Crippen molar-refractivity contribution < 1.29 is 9.84 Å². The number of hydrogen-bond donors (Lipinski definition) is 1. The lowest BCUT2D eigenvalue weighted by molar-refractivity contribution is 0.261. The summed E-state index contributed by atoms with van der Waals surface area (Å²) in [5.74, 6) is 1.50. The van der Waals surface area contributed by atoms with Crippen molar-refractivity contribution in [1.29, 1.82) is 0 Å². The predicted molar refractivity (Wildman–Crippen MR) is 96.7 cm³/mol. The summed E-state index contributed by atoms with van der Waals surface area (Å²) in [6.07, 6.45) is 0.827. The molecular weight excluding hydrogens is 324 g/mol. The normalized spacial score (nSPS) is 11.2. The molecule has 0 aliphatic heterocycles. The summed E-state index contributed by atoms with van der Waals surface area (Å²) in [5.41, 5.74) is 4.43. The maximum absolute atomic E-state index is 9.59. The van der Waals surface area contributed by atoms with Crippen LogP contribution >= 0.6 is 11.6 Å². The van der Waals surface area contributed by atoms with E-state index >= 15 is 0 Å². The Hall–Kier alpha value is -2.04. The SMILES string of the molecule is Cc1cc2nc(CO)n(CCCOc3ccc(Cl)cc3)c2cc1C.